The molecule has 0 bridgehead atoms. The first kappa shape index (κ1) is 20.5. The van der Waals surface area contributed by atoms with E-state index in [0.29, 0.717) is 13.0 Å². The second kappa shape index (κ2) is 9.32. The molecule has 0 aliphatic heterocycles. The van der Waals surface area contributed by atoms with Crippen LogP contribution in [0.2, 0.25) is 5.02 Å². The van der Waals surface area contributed by atoms with Crippen LogP contribution in [0.4, 0.5) is 8.78 Å². The van der Waals surface area contributed by atoms with Crippen molar-refractivity contribution in [2.45, 2.75) is 18.1 Å². The molecule has 0 radical (unpaired) electrons. The third-order valence-corrected chi connectivity index (χ3v) is 5.73. The molecule has 0 spiro atoms. The van der Waals surface area contributed by atoms with Gasteiger partial charge in [0.25, 0.3) is 0 Å². The number of H-pyrrole nitrogens is 1. The number of thioether (sulfide) groups is 1. The van der Waals surface area contributed by atoms with Gasteiger partial charge in [-0.25, -0.2) is 8.78 Å². The molecule has 27 heavy (non-hydrogen) atoms. The molecule has 0 amide bonds. The largest absolute Gasteiger partial charge is 0.361 e. The minimum Gasteiger partial charge on any atom is -0.361 e. The van der Waals surface area contributed by atoms with E-state index in [1.165, 1.54) is 17.6 Å². The molecule has 2 aromatic carbocycles. The lowest BCUT2D eigenvalue weighted by Gasteiger charge is -2.19. The maximum atomic E-state index is 14.7. The van der Waals surface area contributed by atoms with Crippen LogP contribution in [0.1, 0.15) is 29.0 Å². The average molecular weight is 428 g/mol. The Morgan fingerprint density at radius 3 is 2.59 bits per heavy atom. The Bertz CT molecular complexity index is 908. The van der Waals surface area contributed by atoms with Crippen molar-refractivity contribution in [3.63, 3.8) is 0 Å². The van der Waals surface area contributed by atoms with Gasteiger partial charge < -0.3 is 9.17 Å². The number of aromatic amines is 1. The molecule has 3 rings (SSSR count). The minimum absolute atomic E-state index is 0.0280. The summed E-state index contributed by atoms with van der Waals surface area (Å²) in [7, 11) is 0. The van der Waals surface area contributed by atoms with E-state index in [1.54, 1.807) is 11.8 Å². The summed E-state index contributed by atoms with van der Waals surface area (Å²) in [5.74, 6) is -0.887. The summed E-state index contributed by atoms with van der Waals surface area (Å²) in [6.45, 7) is 0.379. The van der Waals surface area contributed by atoms with Gasteiger partial charge in [-0.2, -0.15) is 11.8 Å². The first-order valence-electron chi connectivity index (χ1n) is 8.44. The molecule has 7 heteroatoms. The van der Waals surface area contributed by atoms with E-state index in [4.69, 9.17) is 15.8 Å². The maximum absolute atomic E-state index is 14.7. The molecule has 144 valence electrons. The molecule has 0 fully saturated rings. The Balaban J connectivity index is 2.12. The molecular formula is C20H20ClF2NOS2. The molecule has 0 saturated heterocycles. The van der Waals surface area contributed by atoms with Crippen LogP contribution in [-0.4, -0.2) is 24.1 Å². The number of hydrogen-bond acceptors (Lipinski definition) is 3. The Labute approximate surface area is 171 Å². The Hall–Kier alpha value is -1.21. The highest BCUT2D eigenvalue weighted by atomic mass is 35.5. The van der Waals surface area contributed by atoms with Crippen LogP contribution >= 0.6 is 35.4 Å². The van der Waals surface area contributed by atoms with Crippen LogP contribution in [0.25, 0.3) is 10.9 Å². The fraction of sp³-hybridized carbons (Fsp3) is 0.300. The third-order valence-electron chi connectivity index (χ3n) is 4.51. The van der Waals surface area contributed by atoms with Crippen molar-refractivity contribution in [2.75, 3.05) is 19.1 Å². The van der Waals surface area contributed by atoms with Crippen molar-refractivity contribution < 1.29 is 13.0 Å². The molecule has 0 aliphatic rings. The quantitative estimate of drug-likeness (QED) is 0.317. The Morgan fingerprint density at radius 2 is 1.93 bits per heavy atom. The number of rotatable bonds is 8. The van der Waals surface area contributed by atoms with Crippen molar-refractivity contribution in [3.8, 4) is 0 Å². The number of benzene rings is 2. The predicted octanol–water partition coefficient (Wildman–Crippen LogP) is 6.78. The number of aromatic nitrogens is 1. The molecule has 1 heterocycles. The Kier molecular flexibility index (Phi) is 7.09. The van der Waals surface area contributed by atoms with Crippen LogP contribution < -0.4 is 0 Å². The molecule has 1 atom stereocenters. The van der Waals surface area contributed by atoms with Gasteiger partial charge in [-0.15, -0.1) is 0 Å². The van der Waals surface area contributed by atoms with E-state index in [0.717, 1.165) is 34.4 Å². The second-order valence-electron chi connectivity index (χ2n) is 6.13. The zero-order valence-electron chi connectivity index (χ0n) is 15.0. The zero-order chi connectivity index (χ0) is 19.4. The molecule has 3 aromatic rings. The molecule has 2 nitrogen and oxygen atoms in total. The van der Waals surface area contributed by atoms with Gasteiger partial charge in [0.05, 0.1) is 6.61 Å². The van der Waals surface area contributed by atoms with E-state index in [9.17, 15) is 8.78 Å². The maximum Gasteiger partial charge on any atom is 0.131 e. The summed E-state index contributed by atoms with van der Waals surface area (Å²) < 4.78 is 34.8. The standard InChI is InChI=1S/C20H20ClF2NOS2/c1-26-11-12-4-3-5-15-16(10-24-20(12)15)14(6-7-25-27-2)19-17(22)8-13(21)9-18(19)23/h3-5,8-10,14,24H,6-7,11H2,1-2H3. The topological polar surface area (TPSA) is 25.0 Å². The first-order chi connectivity index (χ1) is 13.1. The van der Waals surface area contributed by atoms with Crippen molar-refractivity contribution >= 4 is 46.3 Å². The van der Waals surface area contributed by atoms with Gasteiger partial charge in [-0.3, -0.25) is 0 Å². The number of para-hydroxylation sites is 1. The fourth-order valence-electron chi connectivity index (χ4n) is 3.39. The van der Waals surface area contributed by atoms with Gasteiger partial charge in [-0.05, 0) is 48.0 Å². The van der Waals surface area contributed by atoms with Gasteiger partial charge in [-0.1, -0.05) is 29.8 Å². The smallest absolute Gasteiger partial charge is 0.131 e. The van der Waals surface area contributed by atoms with Crippen molar-refractivity contribution in [2.24, 2.45) is 0 Å². The molecule has 1 unspecified atom stereocenters. The van der Waals surface area contributed by atoms with Gasteiger partial charge in [0, 0.05) is 45.6 Å². The fourth-order valence-corrected chi connectivity index (χ4v) is 4.40. The molecular weight excluding hydrogens is 408 g/mol. The SMILES string of the molecule is CSCc1cccc2c(C(CCOSC)c3c(F)cc(Cl)cc3F)c[nH]c12. The number of fused-ring (bicyclic) bond motifs is 1. The molecule has 1 N–H and O–H groups in total. The zero-order valence-corrected chi connectivity index (χ0v) is 17.4. The van der Waals surface area contributed by atoms with Crippen molar-refractivity contribution in [1.29, 1.82) is 0 Å². The van der Waals surface area contributed by atoms with E-state index in [2.05, 4.69) is 11.1 Å². The summed E-state index contributed by atoms with van der Waals surface area (Å²) in [6, 6.07) is 8.36. The lowest BCUT2D eigenvalue weighted by atomic mass is 9.87. The Morgan fingerprint density at radius 1 is 1.19 bits per heavy atom. The lowest BCUT2D eigenvalue weighted by molar-refractivity contribution is 0.353. The first-order valence-corrected chi connectivity index (χ1v) is 11.4. The summed E-state index contributed by atoms with van der Waals surface area (Å²) in [4.78, 5) is 3.30. The van der Waals surface area contributed by atoms with E-state index >= 15 is 0 Å². The number of halogens is 3. The highest BCUT2D eigenvalue weighted by molar-refractivity contribution is 7.97. The normalized spacial score (nSPS) is 12.6. The predicted molar refractivity (Wildman–Crippen MR) is 113 cm³/mol. The van der Waals surface area contributed by atoms with E-state index in [1.807, 2.05) is 30.8 Å². The van der Waals surface area contributed by atoms with Gasteiger partial charge in [0.2, 0.25) is 0 Å². The van der Waals surface area contributed by atoms with Crippen molar-refractivity contribution in [3.05, 3.63) is 69.9 Å². The average Bonchev–Trinajstić information content (AvgIpc) is 3.05. The van der Waals surface area contributed by atoms with E-state index in [-0.39, 0.29) is 10.6 Å². The molecule has 0 aliphatic carbocycles. The number of hydrogen-bond donors (Lipinski definition) is 1. The molecule has 0 saturated carbocycles. The highest BCUT2D eigenvalue weighted by Crippen LogP contribution is 2.38. The number of nitrogens with one attached hydrogen (secondary N) is 1. The van der Waals surface area contributed by atoms with Crippen molar-refractivity contribution in [1.82, 2.24) is 4.98 Å². The van der Waals surface area contributed by atoms with Crippen LogP contribution in [0.15, 0.2) is 36.5 Å². The van der Waals surface area contributed by atoms with Crippen LogP contribution in [0, 0.1) is 11.6 Å². The summed E-state index contributed by atoms with van der Waals surface area (Å²) in [5.41, 5.74) is 3.06. The summed E-state index contributed by atoms with van der Waals surface area (Å²) in [6.07, 6.45) is 6.17. The van der Waals surface area contributed by atoms with Gasteiger partial charge >= 0.3 is 0 Å². The summed E-state index contributed by atoms with van der Waals surface area (Å²) >= 11 is 8.78. The highest BCUT2D eigenvalue weighted by Gasteiger charge is 2.25. The summed E-state index contributed by atoms with van der Waals surface area (Å²) in [5, 5.41) is 1.03. The second-order valence-corrected chi connectivity index (χ2v) is 8.00. The monoisotopic (exact) mass is 427 g/mol. The van der Waals surface area contributed by atoms with Gasteiger partial charge in [0.1, 0.15) is 11.6 Å². The van der Waals surface area contributed by atoms with Gasteiger partial charge in [0.15, 0.2) is 0 Å². The minimum atomic E-state index is -0.635. The van der Waals surface area contributed by atoms with Crippen LogP contribution in [0.5, 0.6) is 0 Å². The van der Waals surface area contributed by atoms with Crippen LogP contribution in [-0.2, 0) is 9.94 Å². The lowest BCUT2D eigenvalue weighted by Crippen LogP contribution is -2.09. The molecule has 1 aromatic heterocycles. The third kappa shape index (κ3) is 4.45. The van der Waals surface area contributed by atoms with Crippen LogP contribution in [0.3, 0.4) is 0 Å². The van der Waals surface area contributed by atoms with E-state index < -0.39 is 17.6 Å².